The number of fused-ring (bicyclic) bond motifs is 2. The molecule has 11 nitrogen and oxygen atoms in total. The van der Waals surface area contributed by atoms with E-state index in [4.69, 9.17) is 9.57 Å². The lowest BCUT2D eigenvalue weighted by molar-refractivity contribution is 0.0523. The van der Waals surface area contributed by atoms with Crippen LogP contribution in [0, 0.1) is 0 Å². The quantitative estimate of drug-likeness (QED) is 0.532. The second-order valence-electron chi connectivity index (χ2n) is 7.15. The van der Waals surface area contributed by atoms with Gasteiger partial charge in [-0.2, -0.15) is 0 Å². The Balaban J connectivity index is 1.58. The Hall–Kier alpha value is -3.86. The maximum Gasteiger partial charge on any atom is 0.310 e. The minimum atomic E-state index is -0.503. The highest BCUT2D eigenvalue weighted by atomic mass is 16.7. The van der Waals surface area contributed by atoms with Crippen LogP contribution >= 0.6 is 0 Å². The van der Waals surface area contributed by atoms with Gasteiger partial charge < -0.3 is 19.0 Å². The summed E-state index contributed by atoms with van der Waals surface area (Å²) in [6, 6.07) is 3.12. The van der Waals surface area contributed by atoms with Crippen LogP contribution in [0.4, 0.5) is 11.5 Å². The zero-order valence-electron chi connectivity index (χ0n) is 17.3. The van der Waals surface area contributed by atoms with Gasteiger partial charge in [0.05, 0.1) is 37.7 Å². The van der Waals surface area contributed by atoms with Crippen molar-refractivity contribution in [2.45, 2.75) is 12.5 Å². The van der Waals surface area contributed by atoms with Crippen molar-refractivity contribution in [1.82, 2.24) is 19.9 Å². The number of nitrogens with one attached hydrogen (secondary N) is 2. The van der Waals surface area contributed by atoms with E-state index in [9.17, 15) is 9.59 Å². The van der Waals surface area contributed by atoms with E-state index in [2.05, 4.69) is 32.4 Å². The molecule has 1 aromatic heterocycles. The number of carbonyl (C=O) groups is 2. The summed E-state index contributed by atoms with van der Waals surface area (Å²) in [7, 11) is 4.47. The van der Waals surface area contributed by atoms with Crippen LogP contribution in [0.5, 0.6) is 11.5 Å². The molecule has 1 fully saturated rings. The molecule has 1 saturated heterocycles. The third-order valence-electron chi connectivity index (χ3n) is 4.99. The smallest absolute Gasteiger partial charge is 0.310 e. The van der Waals surface area contributed by atoms with Crippen molar-refractivity contribution in [3.8, 4) is 11.5 Å². The number of anilines is 1. The molecule has 2 N–H and O–H groups in total. The summed E-state index contributed by atoms with van der Waals surface area (Å²) in [4.78, 5) is 45.6. The highest BCUT2D eigenvalue weighted by Crippen LogP contribution is 2.38. The number of hydroxylamine groups is 1. The van der Waals surface area contributed by atoms with Crippen LogP contribution in [0.25, 0.3) is 0 Å². The van der Waals surface area contributed by atoms with E-state index in [1.165, 1.54) is 18.8 Å². The monoisotopic (exact) mass is 426 g/mol. The van der Waals surface area contributed by atoms with E-state index in [0.717, 1.165) is 5.57 Å². The molecule has 162 valence electrons. The first kappa shape index (κ1) is 20.4. The fraction of sp³-hybridized carbons (Fsp3) is 0.300. The lowest BCUT2D eigenvalue weighted by atomic mass is 10.1. The number of methoxy groups -OCH3 is 1. The molecule has 11 heteroatoms. The van der Waals surface area contributed by atoms with E-state index < -0.39 is 5.91 Å². The van der Waals surface area contributed by atoms with Crippen LogP contribution in [0.1, 0.15) is 27.4 Å². The minimum Gasteiger partial charge on any atom is -0.493 e. The van der Waals surface area contributed by atoms with Crippen molar-refractivity contribution in [1.29, 1.82) is 0 Å². The van der Waals surface area contributed by atoms with Gasteiger partial charge in [0, 0.05) is 25.9 Å². The highest BCUT2D eigenvalue weighted by Gasteiger charge is 2.34. The average Bonchev–Trinajstić information content (AvgIpc) is 3.28. The first-order chi connectivity index (χ1) is 14.9. The molecule has 0 saturated carbocycles. The normalized spacial score (nSPS) is 17.1. The van der Waals surface area contributed by atoms with Crippen molar-refractivity contribution in [3.05, 3.63) is 41.9 Å². The number of ether oxygens (including phenoxy) is 1. The lowest BCUT2D eigenvalue weighted by Crippen LogP contribution is -2.35. The Morgan fingerprint density at radius 2 is 2.10 bits per heavy atom. The molecular weight excluding hydrogens is 404 g/mol. The van der Waals surface area contributed by atoms with Crippen LogP contribution in [-0.4, -0.2) is 59.3 Å². The number of benzene rings is 1. The van der Waals surface area contributed by atoms with Crippen molar-refractivity contribution in [2.75, 3.05) is 26.2 Å². The Morgan fingerprint density at radius 3 is 2.84 bits per heavy atom. The summed E-state index contributed by atoms with van der Waals surface area (Å²) in [6.45, 7) is 4.49. The molecule has 2 amide bonds. The molecule has 0 aliphatic carbocycles. The second-order valence-corrected chi connectivity index (χ2v) is 7.15. The number of rotatable bonds is 6. The van der Waals surface area contributed by atoms with Crippen LogP contribution in [-0.2, 0) is 11.9 Å². The molecule has 4 rings (SSSR count). The standard InChI is InChI=1S/C20H22N6O5/c1-11-5-12-8-21-14-7-16(15(29-3)6-13(14)20(28)26(12)9-11)31-23-17-10-25(2)18(22-17)19(27)24-30-4/h6-8,10,12,23H,1,5,9H2,2-4H3,(H,24,27)/t12-/m0/s1. The summed E-state index contributed by atoms with van der Waals surface area (Å²) in [5.74, 6) is 0.439. The van der Waals surface area contributed by atoms with E-state index in [1.54, 1.807) is 36.5 Å². The number of aromatic nitrogens is 2. The maximum absolute atomic E-state index is 13.0. The second kappa shape index (κ2) is 8.11. The number of hydrogen-bond acceptors (Lipinski definition) is 8. The largest absolute Gasteiger partial charge is 0.493 e. The number of aryl methyl sites for hydroxylation is 1. The maximum atomic E-state index is 13.0. The molecule has 0 unspecified atom stereocenters. The van der Waals surface area contributed by atoms with Gasteiger partial charge in [-0.15, -0.1) is 0 Å². The number of nitrogens with zero attached hydrogens (tertiary/aromatic N) is 4. The molecular formula is C20H22N6O5. The number of amides is 2. The molecule has 1 aromatic carbocycles. The van der Waals surface area contributed by atoms with E-state index >= 15 is 0 Å². The van der Waals surface area contributed by atoms with Crippen LogP contribution in [0.3, 0.4) is 0 Å². The summed E-state index contributed by atoms with van der Waals surface area (Å²) >= 11 is 0. The summed E-state index contributed by atoms with van der Waals surface area (Å²) in [6.07, 6.45) is 4.03. The van der Waals surface area contributed by atoms with Gasteiger partial charge in [-0.05, 0) is 12.5 Å². The van der Waals surface area contributed by atoms with Crippen LogP contribution < -0.4 is 20.5 Å². The van der Waals surface area contributed by atoms with E-state index in [1.807, 2.05) is 0 Å². The minimum absolute atomic E-state index is 0.105. The highest BCUT2D eigenvalue weighted by molar-refractivity contribution is 6.03. The number of imidazole rings is 1. The van der Waals surface area contributed by atoms with Crippen molar-refractivity contribution in [3.63, 3.8) is 0 Å². The van der Waals surface area contributed by atoms with Crippen LogP contribution in [0.2, 0.25) is 0 Å². The molecule has 0 bridgehead atoms. The van der Waals surface area contributed by atoms with E-state index in [0.29, 0.717) is 41.5 Å². The molecule has 2 aliphatic rings. The van der Waals surface area contributed by atoms with Gasteiger partial charge >= 0.3 is 5.91 Å². The summed E-state index contributed by atoms with van der Waals surface area (Å²) < 4.78 is 6.92. The Bertz CT molecular complexity index is 1090. The van der Waals surface area contributed by atoms with Gasteiger partial charge in [0.15, 0.2) is 17.3 Å². The van der Waals surface area contributed by atoms with Crippen molar-refractivity contribution in [2.24, 2.45) is 12.0 Å². The number of carbonyl (C=O) groups excluding carboxylic acids is 2. The molecule has 0 spiro atoms. The zero-order chi connectivity index (χ0) is 22.1. The molecule has 1 atom stereocenters. The van der Waals surface area contributed by atoms with Gasteiger partial charge in [-0.3, -0.25) is 19.4 Å². The predicted molar refractivity (Wildman–Crippen MR) is 112 cm³/mol. The molecule has 0 radical (unpaired) electrons. The fourth-order valence-corrected chi connectivity index (χ4v) is 3.54. The van der Waals surface area contributed by atoms with Gasteiger partial charge in [0.25, 0.3) is 5.91 Å². The predicted octanol–water partition coefficient (Wildman–Crippen LogP) is 1.61. The Morgan fingerprint density at radius 1 is 1.29 bits per heavy atom. The van der Waals surface area contributed by atoms with E-state index in [-0.39, 0.29) is 17.8 Å². The van der Waals surface area contributed by atoms with Crippen LogP contribution in [0.15, 0.2) is 35.5 Å². The Labute approximate surface area is 178 Å². The van der Waals surface area contributed by atoms with Crippen molar-refractivity contribution < 1.29 is 24.0 Å². The molecule has 2 aliphatic heterocycles. The fourth-order valence-electron chi connectivity index (χ4n) is 3.54. The number of aliphatic imine (C=N–C) groups is 1. The number of hydrogen-bond donors (Lipinski definition) is 2. The van der Waals surface area contributed by atoms with Gasteiger partial charge in [0.2, 0.25) is 5.82 Å². The lowest BCUT2D eigenvalue weighted by Gasteiger charge is -2.20. The molecule has 2 aromatic rings. The third kappa shape index (κ3) is 3.82. The average molecular weight is 426 g/mol. The summed E-state index contributed by atoms with van der Waals surface area (Å²) in [5, 5.41) is 0. The first-order valence-corrected chi connectivity index (χ1v) is 9.44. The summed E-state index contributed by atoms with van der Waals surface area (Å²) in [5.41, 5.74) is 6.78. The van der Waals surface area contributed by atoms with Gasteiger partial charge in [-0.1, -0.05) is 12.2 Å². The third-order valence-corrected chi connectivity index (χ3v) is 4.99. The zero-order valence-corrected chi connectivity index (χ0v) is 17.3. The van der Waals surface area contributed by atoms with Gasteiger partial charge in [-0.25, -0.2) is 15.9 Å². The topological polar surface area (TPSA) is 119 Å². The molecule has 3 heterocycles. The first-order valence-electron chi connectivity index (χ1n) is 9.44. The van der Waals surface area contributed by atoms with Crippen molar-refractivity contribution >= 4 is 29.5 Å². The molecule has 31 heavy (non-hydrogen) atoms. The van der Waals surface area contributed by atoms with Gasteiger partial charge in [0.1, 0.15) is 0 Å². The SMILES string of the molecule is C=C1C[C@H]2C=Nc3cc(ONc4cn(C)c(C(=O)NOC)n4)c(OC)cc3C(=O)N2C1. The Kier molecular flexibility index (Phi) is 5.34.